The molecule has 0 saturated carbocycles. The van der Waals surface area contributed by atoms with Crippen molar-refractivity contribution in [1.29, 1.82) is 0 Å². The lowest BCUT2D eigenvalue weighted by atomic mass is 10.3. The van der Waals surface area contributed by atoms with Crippen LogP contribution in [0.15, 0.2) is 0 Å². The minimum absolute atomic E-state index is 0.252. The minimum atomic E-state index is -1.02. The lowest BCUT2D eigenvalue weighted by Crippen LogP contribution is -2.24. The van der Waals surface area contributed by atoms with E-state index in [0.29, 0.717) is 0 Å². The van der Waals surface area contributed by atoms with Gasteiger partial charge in [0.2, 0.25) is 6.54 Å². The summed E-state index contributed by atoms with van der Waals surface area (Å²) in [4.78, 5) is 22.9. The predicted molar refractivity (Wildman–Crippen MR) is 34.0 cm³/mol. The van der Waals surface area contributed by atoms with Crippen molar-refractivity contribution >= 4 is 0 Å². The molecule has 0 N–H and O–H groups in total. The van der Waals surface area contributed by atoms with Gasteiger partial charge >= 0.3 is 0 Å². The molecule has 0 fully saturated rings. The molecule has 0 rings (SSSR count). The normalized spacial score (nSPS) is 12.1. The summed E-state index contributed by atoms with van der Waals surface area (Å²) in [7, 11) is 0. The van der Waals surface area contributed by atoms with Gasteiger partial charge in [0, 0.05) is 4.92 Å². The third-order valence-corrected chi connectivity index (χ3v) is 1.04. The summed E-state index contributed by atoms with van der Waals surface area (Å²) in [6.45, 7) is 1.05. The monoisotopic (exact) mass is 164 g/mol. The third-order valence-electron chi connectivity index (χ3n) is 1.04. The number of rotatable bonds is 5. The Morgan fingerprint density at radius 3 is 2.27 bits per heavy atom. The molecule has 0 spiro atoms. The first-order valence-electron chi connectivity index (χ1n) is 2.99. The topological polar surface area (TPSA) is 95.5 Å². The second-order valence-electron chi connectivity index (χ2n) is 1.87. The highest BCUT2D eigenvalue weighted by Crippen LogP contribution is 1.97. The van der Waals surface area contributed by atoms with E-state index in [-0.39, 0.29) is 6.42 Å². The van der Waals surface area contributed by atoms with Crippen LogP contribution in [0.1, 0.15) is 13.3 Å². The van der Waals surface area contributed by atoms with Gasteiger partial charge in [-0.15, -0.1) is 10.1 Å². The van der Waals surface area contributed by atoms with Gasteiger partial charge in [-0.1, -0.05) is 6.92 Å². The van der Waals surface area contributed by atoms with E-state index in [1.807, 2.05) is 0 Å². The van der Waals surface area contributed by atoms with Crippen LogP contribution in [-0.2, 0) is 4.84 Å². The quantitative estimate of drug-likeness (QED) is 0.428. The van der Waals surface area contributed by atoms with Crippen LogP contribution < -0.4 is 0 Å². The van der Waals surface area contributed by atoms with Gasteiger partial charge in [0.05, 0.1) is 0 Å². The summed E-state index contributed by atoms with van der Waals surface area (Å²) < 4.78 is 0. The standard InChI is InChI=1S/C4H8N2O5/c1-2-4(3-5(7)8)11-6(9)10/h4H,2-3H2,1H3. The van der Waals surface area contributed by atoms with Crippen molar-refractivity contribution in [3.63, 3.8) is 0 Å². The smallest absolute Gasteiger partial charge is 0.295 e. The average Bonchev–Trinajstić information content (AvgIpc) is 1.84. The SMILES string of the molecule is CCC(C[N+](=O)[O-])O[N+](=O)[O-]. The Morgan fingerprint density at radius 1 is 1.45 bits per heavy atom. The van der Waals surface area contributed by atoms with Gasteiger partial charge < -0.3 is 4.84 Å². The molecule has 0 amide bonds. The van der Waals surface area contributed by atoms with Crippen LogP contribution in [0, 0.1) is 20.2 Å². The zero-order valence-electron chi connectivity index (χ0n) is 5.93. The summed E-state index contributed by atoms with van der Waals surface area (Å²) in [5.74, 6) is 0. The fourth-order valence-electron chi connectivity index (χ4n) is 0.525. The van der Waals surface area contributed by atoms with Crippen LogP contribution in [0.5, 0.6) is 0 Å². The molecule has 0 radical (unpaired) electrons. The zero-order chi connectivity index (χ0) is 8.85. The second-order valence-corrected chi connectivity index (χ2v) is 1.87. The van der Waals surface area contributed by atoms with E-state index in [9.17, 15) is 20.2 Å². The van der Waals surface area contributed by atoms with Crippen molar-refractivity contribution in [2.24, 2.45) is 0 Å². The van der Waals surface area contributed by atoms with E-state index < -0.39 is 22.7 Å². The summed E-state index contributed by atoms with van der Waals surface area (Å²) in [6.07, 6.45) is -0.679. The van der Waals surface area contributed by atoms with Gasteiger partial charge in [-0.2, -0.15) is 0 Å². The predicted octanol–water partition coefficient (Wildman–Crippen LogP) is 0.250. The molecule has 0 aromatic rings. The van der Waals surface area contributed by atoms with Gasteiger partial charge in [-0.05, 0) is 6.42 Å². The number of hydrogen-bond acceptors (Lipinski definition) is 5. The Morgan fingerprint density at radius 2 is 2.00 bits per heavy atom. The van der Waals surface area contributed by atoms with Crippen LogP contribution in [0.25, 0.3) is 0 Å². The molecule has 0 saturated heterocycles. The van der Waals surface area contributed by atoms with Gasteiger partial charge in [-0.3, -0.25) is 10.1 Å². The Kier molecular flexibility index (Phi) is 3.86. The van der Waals surface area contributed by atoms with Crippen molar-refractivity contribution in [2.75, 3.05) is 6.54 Å². The summed E-state index contributed by atoms with van der Waals surface area (Å²) >= 11 is 0. The van der Waals surface area contributed by atoms with Crippen LogP contribution in [0.2, 0.25) is 0 Å². The number of nitrogens with zero attached hydrogens (tertiary/aromatic N) is 2. The molecule has 0 bridgehead atoms. The maximum absolute atomic E-state index is 9.85. The number of nitro groups is 1. The van der Waals surface area contributed by atoms with E-state index in [1.165, 1.54) is 0 Å². The van der Waals surface area contributed by atoms with Crippen molar-refractivity contribution in [3.05, 3.63) is 20.2 Å². The van der Waals surface area contributed by atoms with Crippen molar-refractivity contribution in [1.82, 2.24) is 0 Å². The first-order valence-corrected chi connectivity index (χ1v) is 2.99. The van der Waals surface area contributed by atoms with E-state index in [1.54, 1.807) is 6.92 Å². The molecule has 11 heavy (non-hydrogen) atoms. The van der Waals surface area contributed by atoms with E-state index >= 15 is 0 Å². The maximum atomic E-state index is 9.85. The molecule has 0 aliphatic heterocycles. The van der Waals surface area contributed by atoms with Crippen molar-refractivity contribution in [3.8, 4) is 0 Å². The second kappa shape index (κ2) is 4.42. The highest BCUT2D eigenvalue weighted by atomic mass is 17.0. The molecular weight excluding hydrogens is 156 g/mol. The minimum Gasteiger partial charge on any atom is -0.304 e. The maximum Gasteiger partial charge on any atom is 0.295 e. The van der Waals surface area contributed by atoms with Crippen LogP contribution in [0.4, 0.5) is 0 Å². The highest BCUT2D eigenvalue weighted by Gasteiger charge is 2.16. The van der Waals surface area contributed by atoms with Gasteiger partial charge in [0.1, 0.15) is 0 Å². The Bertz CT molecular complexity index is 143. The molecule has 64 valence electrons. The van der Waals surface area contributed by atoms with Gasteiger partial charge in [-0.25, -0.2) is 0 Å². The Labute approximate surface area is 62.2 Å². The molecule has 0 aromatic carbocycles. The van der Waals surface area contributed by atoms with E-state index in [2.05, 4.69) is 4.84 Å². The lowest BCUT2D eigenvalue weighted by Gasteiger charge is -2.05. The average molecular weight is 164 g/mol. The highest BCUT2D eigenvalue weighted by molar-refractivity contribution is 4.48. The molecule has 1 atom stereocenters. The fraction of sp³-hybridized carbons (Fsp3) is 1.00. The summed E-state index contributed by atoms with van der Waals surface area (Å²) in [6, 6.07) is 0. The van der Waals surface area contributed by atoms with Crippen LogP contribution >= 0.6 is 0 Å². The molecular formula is C4H8N2O5. The van der Waals surface area contributed by atoms with E-state index in [4.69, 9.17) is 0 Å². The van der Waals surface area contributed by atoms with Crippen molar-refractivity contribution in [2.45, 2.75) is 19.4 Å². The molecule has 7 nitrogen and oxygen atoms in total. The first-order chi connectivity index (χ1) is 5.06. The third kappa shape index (κ3) is 5.07. The van der Waals surface area contributed by atoms with Crippen LogP contribution in [0.3, 0.4) is 0 Å². The molecule has 0 aliphatic rings. The molecule has 0 aromatic heterocycles. The lowest BCUT2D eigenvalue weighted by molar-refractivity contribution is -0.774. The molecule has 0 aliphatic carbocycles. The summed E-state index contributed by atoms with van der Waals surface area (Å²) in [5, 5.41) is 18.5. The van der Waals surface area contributed by atoms with E-state index in [0.717, 1.165) is 0 Å². The largest absolute Gasteiger partial charge is 0.304 e. The summed E-state index contributed by atoms with van der Waals surface area (Å²) in [5.41, 5.74) is 0. The molecule has 1 unspecified atom stereocenters. The molecule has 0 heterocycles. The van der Waals surface area contributed by atoms with Crippen molar-refractivity contribution < 1.29 is 14.8 Å². The van der Waals surface area contributed by atoms with Gasteiger partial charge in [0.15, 0.2) is 6.10 Å². The zero-order valence-corrected chi connectivity index (χ0v) is 5.93. The van der Waals surface area contributed by atoms with Gasteiger partial charge in [0.25, 0.3) is 5.09 Å². The number of hydrogen-bond donors (Lipinski definition) is 0. The Balaban J connectivity index is 3.76. The van der Waals surface area contributed by atoms with Crippen LogP contribution in [-0.4, -0.2) is 22.7 Å². The fourth-order valence-corrected chi connectivity index (χ4v) is 0.525. The molecule has 7 heteroatoms. The Hall–Kier alpha value is -1.40. The first kappa shape index (κ1) is 9.60.